The van der Waals surface area contributed by atoms with E-state index in [9.17, 15) is 4.89 Å². The molecule has 0 unspecified atom stereocenters. The molecule has 1 N–H and O–H groups in total. The summed E-state index contributed by atoms with van der Waals surface area (Å²) in [6, 6.07) is 60.4. The van der Waals surface area contributed by atoms with Crippen molar-refractivity contribution in [3.63, 3.8) is 0 Å². The first-order valence-electron chi connectivity index (χ1n) is 15.2. The Morgan fingerprint density at radius 2 is 1.00 bits per heavy atom. The molecule has 0 amide bonds. The predicted octanol–water partition coefficient (Wildman–Crippen LogP) is 8.45. The summed E-state index contributed by atoms with van der Waals surface area (Å²) in [4.78, 5) is 12.5. The zero-order valence-electron chi connectivity index (χ0n) is 24.6. The van der Waals surface area contributed by atoms with E-state index in [-0.39, 0.29) is 0 Å². The van der Waals surface area contributed by atoms with Gasteiger partial charge in [-0.2, -0.15) is 0 Å². The van der Waals surface area contributed by atoms with Crippen LogP contribution in [0.1, 0.15) is 0 Å². The van der Waals surface area contributed by atoms with Crippen molar-refractivity contribution in [1.82, 2.24) is 9.78 Å². The van der Waals surface area contributed by atoms with Crippen molar-refractivity contribution in [3.05, 3.63) is 176 Å². The SMILES string of the molecule is O[PH](c1ccccc1)(c1ccccc1)c1ccc(-c2nn(-c3ccccc3)c3c2c(-c2ccccc2)cc2ccccc23)cc1. The van der Waals surface area contributed by atoms with Gasteiger partial charge in [-0.05, 0) is 0 Å². The Balaban J connectivity index is 1.39. The zero-order chi connectivity index (χ0) is 30.2. The van der Waals surface area contributed by atoms with Crippen LogP contribution in [0.3, 0.4) is 0 Å². The molecule has 0 saturated heterocycles. The van der Waals surface area contributed by atoms with Crippen LogP contribution in [0.5, 0.6) is 0 Å². The molecule has 4 heteroatoms. The summed E-state index contributed by atoms with van der Waals surface area (Å²) in [7, 11) is -3.23. The van der Waals surface area contributed by atoms with E-state index in [4.69, 9.17) is 5.10 Å². The Morgan fingerprint density at radius 3 is 1.62 bits per heavy atom. The maximum atomic E-state index is 12.5. The monoisotopic (exact) mass is 598 g/mol. The number of fused-ring (bicyclic) bond motifs is 3. The first-order valence-corrected chi connectivity index (χ1v) is 17.2. The maximum absolute atomic E-state index is 12.5. The van der Waals surface area contributed by atoms with Gasteiger partial charge < -0.3 is 0 Å². The number of nitrogens with zero attached hydrogens (tertiary/aromatic N) is 2. The summed E-state index contributed by atoms with van der Waals surface area (Å²) in [6.07, 6.45) is 0. The molecular weight excluding hydrogens is 567 g/mol. The summed E-state index contributed by atoms with van der Waals surface area (Å²) >= 11 is 0. The van der Waals surface area contributed by atoms with Crippen LogP contribution in [0.25, 0.3) is 49.7 Å². The molecule has 0 radical (unpaired) electrons. The second-order valence-corrected chi connectivity index (χ2v) is 14.5. The van der Waals surface area contributed by atoms with Crippen LogP contribution in [0, 0.1) is 0 Å². The molecule has 0 aliphatic carbocycles. The molecule has 0 aliphatic heterocycles. The number of aromatic nitrogens is 2. The van der Waals surface area contributed by atoms with Gasteiger partial charge in [0.05, 0.1) is 0 Å². The Morgan fingerprint density at radius 1 is 0.489 bits per heavy atom. The van der Waals surface area contributed by atoms with Crippen molar-refractivity contribution in [2.24, 2.45) is 0 Å². The third-order valence-corrected chi connectivity index (χ3v) is 12.2. The Hall–Kier alpha value is -5.34. The van der Waals surface area contributed by atoms with Gasteiger partial charge in [-0.3, -0.25) is 0 Å². The molecule has 0 atom stereocenters. The number of hydrogen-bond acceptors (Lipinski definition) is 2. The summed E-state index contributed by atoms with van der Waals surface area (Å²) in [5, 5.41) is 11.6. The van der Waals surface area contributed by atoms with Gasteiger partial charge in [0.1, 0.15) is 0 Å². The fraction of sp³-hybridized carbons (Fsp3) is 0. The number of rotatable bonds is 6. The molecule has 0 aliphatic rings. The van der Waals surface area contributed by atoms with Crippen molar-refractivity contribution in [2.45, 2.75) is 0 Å². The van der Waals surface area contributed by atoms with E-state index < -0.39 is 7.49 Å². The molecular formula is C41H31N2OP. The summed E-state index contributed by atoms with van der Waals surface area (Å²) in [6.45, 7) is 0. The van der Waals surface area contributed by atoms with E-state index in [0.717, 1.165) is 60.3 Å². The topological polar surface area (TPSA) is 38.1 Å². The molecule has 7 aromatic carbocycles. The molecule has 0 spiro atoms. The third kappa shape index (κ3) is 4.65. The minimum atomic E-state index is -3.23. The van der Waals surface area contributed by atoms with Crippen LogP contribution in [0.2, 0.25) is 0 Å². The number of benzene rings is 7. The van der Waals surface area contributed by atoms with E-state index in [1.807, 2.05) is 66.7 Å². The zero-order valence-corrected chi connectivity index (χ0v) is 25.6. The van der Waals surface area contributed by atoms with Crippen LogP contribution >= 0.6 is 7.49 Å². The van der Waals surface area contributed by atoms with E-state index in [1.54, 1.807) is 0 Å². The van der Waals surface area contributed by atoms with Gasteiger partial charge >= 0.3 is 264 Å². The van der Waals surface area contributed by atoms with Gasteiger partial charge in [-0.15, -0.1) is 0 Å². The third-order valence-electron chi connectivity index (χ3n) is 8.72. The molecule has 216 valence electrons. The van der Waals surface area contributed by atoms with Gasteiger partial charge in [0.25, 0.3) is 0 Å². The fourth-order valence-electron chi connectivity index (χ4n) is 6.52. The van der Waals surface area contributed by atoms with E-state index in [0.29, 0.717) is 0 Å². The average Bonchev–Trinajstić information content (AvgIpc) is 3.54. The predicted molar refractivity (Wildman–Crippen MR) is 192 cm³/mol. The fourth-order valence-corrected chi connectivity index (χ4v) is 9.52. The molecule has 8 aromatic rings. The van der Waals surface area contributed by atoms with Crippen molar-refractivity contribution < 1.29 is 4.89 Å². The molecule has 0 bridgehead atoms. The van der Waals surface area contributed by atoms with Gasteiger partial charge in [0, 0.05) is 0 Å². The molecule has 45 heavy (non-hydrogen) atoms. The van der Waals surface area contributed by atoms with Gasteiger partial charge in [-0.1, -0.05) is 0 Å². The first-order chi connectivity index (χ1) is 22.2. The molecule has 0 saturated carbocycles. The average molecular weight is 599 g/mol. The normalized spacial score (nSPS) is 12.0. The van der Waals surface area contributed by atoms with Crippen LogP contribution in [0.15, 0.2) is 176 Å². The van der Waals surface area contributed by atoms with Crippen molar-refractivity contribution in [1.29, 1.82) is 0 Å². The second-order valence-electron chi connectivity index (χ2n) is 11.4. The van der Waals surface area contributed by atoms with Crippen molar-refractivity contribution >= 4 is 45.1 Å². The Bertz CT molecular complexity index is 2210. The number of hydrogen-bond donors (Lipinski definition) is 1. The van der Waals surface area contributed by atoms with E-state index in [2.05, 4.69) is 114 Å². The van der Waals surface area contributed by atoms with Crippen LogP contribution < -0.4 is 15.9 Å². The molecule has 0 fully saturated rings. The quantitative estimate of drug-likeness (QED) is 0.195. The molecule has 3 nitrogen and oxygen atoms in total. The molecule has 1 heterocycles. The van der Waals surface area contributed by atoms with E-state index >= 15 is 0 Å². The molecule has 1 aromatic heterocycles. The Kier molecular flexibility index (Phi) is 6.84. The summed E-state index contributed by atoms with van der Waals surface area (Å²) in [5.41, 5.74) is 6.30. The summed E-state index contributed by atoms with van der Waals surface area (Å²) < 4.78 is 2.09. The molecule has 8 rings (SSSR count). The first kappa shape index (κ1) is 27.2. The van der Waals surface area contributed by atoms with Gasteiger partial charge in [0.15, 0.2) is 0 Å². The van der Waals surface area contributed by atoms with Crippen molar-refractivity contribution in [3.8, 4) is 28.1 Å². The second kappa shape index (κ2) is 11.3. The summed E-state index contributed by atoms with van der Waals surface area (Å²) in [5.74, 6) is 0. The van der Waals surface area contributed by atoms with Crippen LogP contribution in [-0.4, -0.2) is 14.7 Å². The number of para-hydroxylation sites is 1. The standard InChI is InChI=1S/C41H31N2OP/c44-45(34-20-9-3-10-21-34,35-22-11-4-12-23-35)36-27-25-31(26-28-36)40-39-38(30-15-5-1-6-16-30)29-32-17-13-14-24-37(32)41(39)43(42-40)33-18-7-2-8-19-33/h1-29,44-45H. The van der Waals surface area contributed by atoms with Gasteiger partial charge in [0.2, 0.25) is 0 Å². The van der Waals surface area contributed by atoms with Crippen LogP contribution in [-0.2, 0) is 0 Å². The minimum absolute atomic E-state index is 0.912. The Labute approximate surface area is 263 Å². The van der Waals surface area contributed by atoms with Crippen LogP contribution in [0.4, 0.5) is 0 Å². The van der Waals surface area contributed by atoms with Crippen molar-refractivity contribution in [2.75, 3.05) is 0 Å². The van der Waals surface area contributed by atoms with E-state index in [1.165, 1.54) is 5.39 Å². The van der Waals surface area contributed by atoms with Gasteiger partial charge in [-0.25, -0.2) is 0 Å².